The molecular weight excluding hydrogens is 441 g/mol. The first-order valence-corrected chi connectivity index (χ1v) is 10.8. The van der Waals surface area contributed by atoms with E-state index in [0.717, 1.165) is 22.8 Å². The van der Waals surface area contributed by atoms with E-state index in [1.54, 1.807) is 19.9 Å². The van der Waals surface area contributed by atoms with Crippen molar-refractivity contribution in [3.63, 3.8) is 0 Å². The quantitative estimate of drug-likeness (QED) is 0.322. The van der Waals surface area contributed by atoms with Gasteiger partial charge in [-0.05, 0) is 34.9 Å². The molecule has 0 aliphatic carbocycles. The van der Waals surface area contributed by atoms with E-state index in [-0.39, 0.29) is 19.0 Å². The van der Waals surface area contributed by atoms with Gasteiger partial charge in [-0.25, -0.2) is 4.98 Å². The molecule has 3 aromatic carbocycles. The zero-order valence-electron chi connectivity index (χ0n) is 18.9. The Balaban J connectivity index is 1.54. The highest BCUT2D eigenvalue weighted by molar-refractivity contribution is 5.64. The van der Waals surface area contributed by atoms with Crippen LogP contribution in [0, 0.1) is 0 Å². The van der Waals surface area contributed by atoms with Gasteiger partial charge in [0.05, 0.1) is 24.1 Å². The molecule has 0 fully saturated rings. The van der Waals surface area contributed by atoms with E-state index in [1.807, 2.05) is 54.6 Å². The Hall–Kier alpha value is -3.58. The van der Waals surface area contributed by atoms with E-state index >= 15 is 0 Å². The van der Waals surface area contributed by atoms with E-state index < -0.39 is 17.2 Å². The van der Waals surface area contributed by atoms with Gasteiger partial charge in [-0.1, -0.05) is 68.4 Å². The largest absolute Gasteiger partial charge is 0.488 e. The van der Waals surface area contributed by atoms with Crippen LogP contribution in [0.4, 0.5) is 13.2 Å². The Bertz CT molecular complexity index is 1250. The van der Waals surface area contributed by atoms with E-state index in [4.69, 9.17) is 4.74 Å². The maximum Gasteiger partial charge on any atom is 0.419 e. The van der Waals surface area contributed by atoms with Crippen molar-refractivity contribution in [1.29, 1.82) is 0 Å². The molecule has 176 valence electrons. The summed E-state index contributed by atoms with van der Waals surface area (Å²) < 4.78 is 47.0. The third kappa shape index (κ3) is 5.15. The number of halogens is 3. The van der Waals surface area contributed by atoms with Crippen LogP contribution in [0.25, 0.3) is 22.4 Å². The number of aromatic nitrogens is 2. The lowest BCUT2D eigenvalue weighted by Crippen LogP contribution is -2.23. The summed E-state index contributed by atoms with van der Waals surface area (Å²) in [6, 6.07) is 21.3. The lowest BCUT2D eigenvalue weighted by molar-refractivity contribution is -0.139. The maximum absolute atomic E-state index is 13.8. The summed E-state index contributed by atoms with van der Waals surface area (Å²) >= 11 is 0. The first kappa shape index (κ1) is 23.6. The molecule has 0 unspecified atom stereocenters. The van der Waals surface area contributed by atoms with Crippen molar-refractivity contribution < 1.29 is 23.0 Å². The number of imidazole rings is 1. The van der Waals surface area contributed by atoms with Gasteiger partial charge in [0.1, 0.15) is 18.2 Å². The summed E-state index contributed by atoms with van der Waals surface area (Å²) in [4.78, 5) is 7.24. The average molecular weight is 467 g/mol. The van der Waals surface area contributed by atoms with Crippen molar-refractivity contribution in [2.45, 2.75) is 32.0 Å². The second-order valence-corrected chi connectivity index (χ2v) is 8.75. The van der Waals surface area contributed by atoms with Gasteiger partial charge in [0.2, 0.25) is 0 Å². The van der Waals surface area contributed by atoms with Crippen LogP contribution in [0.3, 0.4) is 0 Å². The molecule has 0 amide bonds. The molecule has 1 heterocycles. The minimum absolute atomic E-state index is 0.0103. The molecular formula is C27H25F3N2O2. The highest BCUT2D eigenvalue weighted by Crippen LogP contribution is 2.39. The number of aromatic amines is 1. The van der Waals surface area contributed by atoms with Crippen LogP contribution < -0.4 is 4.74 Å². The molecule has 4 nitrogen and oxygen atoms in total. The van der Waals surface area contributed by atoms with Gasteiger partial charge < -0.3 is 14.8 Å². The van der Waals surface area contributed by atoms with Gasteiger partial charge in [-0.15, -0.1) is 0 Å². The normalized spacial score (nSPS) is 12.1. The van der Waals surface area contributed by atoms with Gasteiger partial charge in [-0.2, -0.15) is 13.2 Å². The summed E-state index contributed by atoms with van der Waals surface area (Å²) in [5.74, 6) is 0.261. The van der Waals surface area contributed by atoms with Gasteiger partial charge in [0, 0.05) is 11.0 Å². The second kappa shape index (κ2) is 9.35. The predicted octanol–water partition coefficient (Wildman–Crippen LogP) is 6.61. The second-order valence-electron chi connectivity index (χ2n) is 8.75. The molecule has 4 rings (SSSR count). The zero-order chi connectivity index (χ0) is 24.3. The molecule has 0 saturated heterocycles. The van der Waals surface area contributed by atoms with Crippen LogP contribution in [-0.2, 0) is 18.2 Å². The average Bonchev–Trinajstić information content (AvgIpc) is 3.34. The maximum atomic E-state index is 13.8. The van der Waals surface area contributed by atoms with Gasteiger partial charge in [-0.3, -0.25) is 0 Å². The van der Waals surface area contributed by atoms with Gasteiger partial charge in [0.15, 0.2) is 0 Å². The number of rotatable bonds is 7. The van der Waals surface area contributed by atoms with Crippen molar-refractivity contribution >= 4 is 0 Å². The Morgan fingerprint density at radius 3 is 2.18 bits per heavy atom. The molecule has 0 atom stereocenters. The van der Waals surface area contributed by atoms with Crippen molar-refractivity contribution in [3.05, 3.63) is 95.9 Å². The molecule has 0 spiro atoms. The summed E-state index contributed by atoms with van der Waals surface area (Å²) in [5.41, 5.74) is 2.13. The molecule has 0 saturated carbocycles. The summed E-state index contributed by atoms with van der Waals surface area (Å²) in [7, 11) is 0. The van der Waals surface area contributed by atoms with Crippen LogP contribution in [0.5, 0.6) is 5.75 Å². The molecule has 4 aromatic rings. The number of hydrogen-bond acceptors (Lipinski definition) is 3. The number of benzene rings is 3. The monoisotopic (exact) mass is 466 g/mol. The number of hydrogen-bond donors (Lipinski definition) is 2. The Morgan fingerprint density at radius 1 is 0.882 bits per heavy atom. The lowest BCUT2D eigenvalue weighted by atomic mass is 9.94. The van der Waals surface area contributed by atoms with Crippen LogP contribution in [-0.4, -0.2) is 21.7 Å². The fraction of sp³-hybridized carbons (Fsp3) is 0.222. The Kier molecular flexibility index (Phi) is 6.48. The first-order valence-electron chi connectivity index (χ1n) is 10.8. The van der Waals surface area contributed by atoms with E-state index in [9.17, 15) is 18.3 Å². The number of aliphatic hydroxyl groups is 1. The van der Waals surface area contributed by atoms with Gasteiger partial charge in [0.25, 0.3) is 0 Å². The molecule has 1 aromatic heterocycles. The lowest BCUT2D eigenvalue weighted by Gasteiger charge is -2.18. The van der Waals surface area contributed by atoms with Crippen molar-refractivity contribution in [2.75, 3.05) is 6.61 Å². The first-order chi connectivity index (χ1) is 16.2. The third-order valence-corrected chi connectivity index (χ3v) is 5.66. The van der Waals surface area contributed by atoms with Crippen molar-refractivity contribution in [1.82, 2.24) is 9.97 Å². The fourth-order valence-corrected chi connectivity index (χ4v) is 3.52. The number of alkyl halides is 3. The van der Waals surface area contributed by atoms with Crippen LogP contribution in [0.1, 0.15) is 30.8 Å². The molecule has 34 heavy (non-hydrogen) atoms. The van der Waals surface area contributed by atoms with E-state index in [2.05, 4.69) is 9.97 Å². The smallest absolute Gasteiger partial charge is 0.419 e. The number of ether oxygens (including phenoxy) is 1. The standard InChI is InChI=1S/C27H25F3N2O2/c1-26(2,17-33)25-31-15-23(32-25)21-12-13-24(22(14-21)27(28,29)30)34-16-18-8-10-20(11-9-18)19-6-4-3-5-7-19/h3-15,33H,16-17H2,1-2H3,(H,31,32). The summed E-state index contributed by atoms with van der Waals surface area (Å²) in [6.45, 7) is 3.45. The number of nitrogens with one attached hydrogen (secondary N) is 1. The molecule has 7 heteroatoms. The fourth-order valence-electron chi connectivity index (χ4n) is 3.52. The van der Waals surface area contributed by atoms with Crippen LogP contribution in [0.15, 0.2) is 79.0 Å². The van der Waals surface area contributed by atoms with Crippen molar-refractivity contribution in [3.8, 4) is 28.1 Å². The highest BCUT2D eigenvalue weighted by Gasteiger charge is 2.35. The number of H-pyrrole nitrogens is 1. The van der Waals surface area contributed by atoms with E-state index in [0.29, 0.717) is 17.1 Å². The highest BCUT2D eigenvalue weighted by atomic mass is 19.4. The van der Waals surface area contributed by atoms with Gasteiger partial charge >= 0.3 is 6.18 Å². The minimum Gasteiger partial charge on any atom is -0.488 e. The number of aliphatic hydroxyl groups excluding tert-OH is 1. The minimum atomic E-state index is -4.59. The molecule has 0 aliphatic heterocycles. The molecule has 0 radical (unpaired) electrons. The Morgan fingerprint density at radius 2 is 1.53 bits per heavy atom. The molecule has 0 bridgehead atoms. The van der Waals surface area contributed by atoms with Crippen molar-refractivity contribution in [2.24, 2.45) is 0 Å². The molecule has 0 aliphatic rings. The van der Waals surface area contributed by atoms with Crippen LogP contribution >= 0.6 is 0 Å². The number of nitrogens with zero attached hydrogens (tertiary/aromatic N) is 1. The Labute approximate surface area is 196 Å². The van der Waals surface area contributed by atoms with Crippen LogP contribution in [0.2, 0.25) is 0 Å². The topological polar surface area (TPSA) is 58.1 Å². The predicted molar refractivity (Wildman–Crippen MR) is 125 cm³/mol. The summed E-state index contributed by atoms with van der Waals surface area (Å²) in [6.07, 6.45) is -3.12. The zero-order valence-corrected chi connectivity index (χ0v) is 18.9. The SMILES string of the molecule is CC(C)(CO)c1ncc(-c2ccc(OCc3ccc(-c4ccccc4)cc3)c(C(F)(F)F)c2)[nH]1. The summed E-state index contributed by atoms with van der Waals surface area (Å²) in [5, 5.41) is 9.52. The third-order valence-electron chi connectivity index (χ3n) is 5.66. The van der Waals surface area contributed by atoms with E-state index in [1.165, 1.54) is 12.3 Å². The molecule has 2 N–H and O–H groups in total.